The zero-order valence-electron chi connectivity index (χ0n) is 19.1. The summed E-state index contributed by atoms with van der Waals surface area (Å²) in [5, 5.41) is 0. The number of carbonyl (C=O) groups is 2. The molecule has 2 saturated heterocycles. The molecule has 0 unspecified atom stereocenters. The van der Waals surface area contributed by atoms with Gasteiger partial charge in [0.2, 0.25) is 0 Å². The molecule has 170 valence electrons. The van der Waals surface area contributed by atoms with E-state index in [9.17, 15) is 9.59 Å². The van der Waals surface area contributed by atoms with Gasteiger partial charge in [-0.15, -0.1) is 0 Å². The standard InChI is InChI=1S/C25H39BrO4/c1-15-7-9-20-19-11-10-18(16(2)8-12-21(27)29-4)24(19,3)22(26)23(28)25(20)13-5-6-17(14-15)30-25/h15-20,22H,5-14H2,1-4H3/t15-,16-,17-,18-,19+,20+,22-,24+,25+/m1/s1. The zero-order chi connectivity index (χ0) is 21.7. The van der Waals surface area contributed by atoms with Crippen LogP contribution < -0.4 is 0 Å². The van der Waals surface area contributed by atoms with E-state index < -0.39 is 5.60 Å². The number of rotatable bonds is 4. The fraction of sp³-hybridized carbons (Fsp3) is 0.920. The number of hydrogen-bond donors (Lipinski definition) is 0. The van der Waals surface area contributed by atoms with Crippen LogP contribution in [0.3, 0.4) is 0 Å². The number of halogens is 1. The van der Waals surface area contributed by atoms with Gasteiger partial charge < -0.3 is 9.47 Å². The monoisotopic (exact) mass is 482 g/mol. The summed E-state index contributed by atoms with van der Waals surface area (Å²) in [4.78, 5) is 25.6. The molecule has 0 aromatic carbocycles. The van der Waals surface area contributed by atoms with Gasteiger partial charge in [-0.2, -0.15) is 0 Å². The van der Waals surface area contributed by atoms with Crippen LogP contribution in [0.25, 0.3) is 0 Å². The molecule has 0 radical (unpaired) electrons. The lowest BCUT2D eigenvalue weighted by atomic mass is 9.52. The van der Waals surface area contributed by atoms with Crippen LogP contribution in [-0.2, 0) is 19.1 Å². The topological polar surface area (TPSA) is 52.6 Å². The van der Waals surface area contributed by atoms with Crippen molar-refractivity contribution in [1.82, 2.24) is 0 Å². The van der Waals surface area contributed by atoms with Crippen LogP contribution in [-0.4, -0.2) is 35.4 Å². The molecule has 30 heavy (non-hydrogen) atoms. The van der Waals surface area contributed by atoms with Crippen LogP contribution in [0.5, 0.6) is 0 Å². The van der Waals surface area contributed by atoms with E-state index in [-0.39, 0.29) is 22.3 Å². The SMILES string of the molecule is COC(=O)CC[C@@H](C)[C@H]1CC[C@H]2[C@@H]3CC[C@@H](C)C[C@H]4CCC[C@@]3(O4)C(=O)[C@@H](Br)[C@@]12C. The summed E-state index contributed by atoms with van der Waals surface area (Å²) in [6.07, 6.45) is 10.4. The van der Waals surface area contributed by atoms with Crippen LogP contribution in [0, 0.1) is 35.0 Å². The Labute approximate surface area is 190 Å². The second-order valence-electron chi connectivity index (χ2n) is 11.0. The van der Waals surface area contributed by atoms with Crippen LogP contribution in [0.15, 0.2) is 0 Å². The van der Waals surface area contributed by atoms with Gasteiger partial charge in [0.1, 0.15) is 5.60 Å². The summed E-state index contributed by atoms with van der Waals surface area (Å²) in [6, 6.07) is 0. The quantitative estimate of drug-likeness (QED) is 0.380. The number of esters is 1. The van der Waals surface area contributed by atoms with Crippen LogP contribution in [0.2, 0.25) is 0 Å². The third kappa shape index (κ3) is 3.50. The molecule has 4 rings (SSSR count). The number of ether oxygens (including phenoxy) is 2. The Bertz CT molecular complexity index is 680. The number of carbonyl (C=O) groups excluding carboxylic acids is 2. The van der Waals surface area contributed by atoms with Gasteiger partial charge in [-0.05, 0) is 86.4 Å². The highest BCUT2D eigenvalue weighted by Crippen LogP contribution is 2.65. The minimum absolute atomic E-state index is 0.0682. The van der Waals surface area contributed by atoms with Crippen molar-refractivity contribution in [2.45, 2.75) is 102 Å². The number of Topliss-reactive ketones (excluding diaryl/α,β-unsaturated/α-hetero) is 1. The average Bonchev–Trinajstić information content (AvgIpc) is 3.08. The highest BCUT2D eigenvalue weighted by molar-refractivity contribution is 9.10. The Balaban J connectivity index is 1.64. The molecule has 2 saturated carbocycles. The smallest absolute Gasteiger partial charge is 0.305 e. The second kappa shape index (κ2) is 8.50. The molecule has 0 amide bonds. The minimum atomic E-state index is -0.564. The fourth-order valence-corrected chi connectivity index (χ4v) is 8.98. The van der Waals surface area contributed by atoms with Crippen molar-refractivity contribution in [1.29, 1.82) is 0 Å². The highest BCUT2D eigenvalue weighted by atomic mass is 79.9. The molecule has 1 spiro atoms. The number of methoxy groups -OCH3 is 1. The normalized spacial score (nSPS) is 46.9. The summed E-state index contributed by atoms with van der Waals surface area (Å²) in [7, 11) is 1.46. The molecule has 2 heterocycles. The molecule has 2 bridgehead atoms. The third-order valence-electron chi connectivity index (χ3n) is 9.47. The molecule has 5 heteroatoms. The Morgan fingerprint density at radius 2 is 1.97 bits per heavy atom. The van der Waals surface area contributed by atoms with Crippen molar-refractivity contribution in [2.24, 2.45) is 35.0 Å². The first-order chi connectivity index (χ1) is 14.2. The molecule has 0 N–H and O–H groups in total. The van der Waals surface area contributed by atoms with Gasteiger partial charge in [0.15, 0.2) is 5.78 Å². The van der Waals surface area contributed by atoms with E-state index in [2.05, 4.69) is 36.7 Å². The van der Waals surface area contributed by atoms with Crippen molar-refractivity contribution in [2.75, 3.05) is 7.11 Å². The summed E-state index contributed by atoms with van der Waals surface area (Å²) < 4.78 is 11.6. The van der Waals surface area contributed by atoms with Gasteiger partial charge in [0.05, 0.1) is 18.0 Å². The average molecular weight is 483 g/mol. The number of ketones is 1. The van der Waals surface area contributed by atoms with Crippen molar-refractivity contribution in [3.63, 3.8) is 0 Å². The lowest BCUT2D eigenvalue weighted by Gasteiger charge is -2.59. The lowest BCUT2D eigenvalue weighted by molar-refractivity contribution is -0.211. The molecule has 4 nitrogen and oxygen atoms in total. The van der Waals surface area contributed by atoms with Gasteiger partial charge in [0, 0.05) is 6.42 Å². The van der Waals surface area contributed by atoms with E-state index in [1.807, 2.05) is 0 Å². The molecule has 4 fully saturated rings. The van der Waals surface area contributed by atoms with E-state index in [0.717, 1.165) is 44.9 Å². The number of hydrogen-bond acceptors (Lipinski definition) is 4. The summed E-state index contributed by atoms with van der Waals surface area (Å²) in [5.74, 6) is 2.55. The van der Waals surface area contributed by atoms with Crippen molar-refractivity contribution in [3.05, 3.63) is 0 Å². The fourth-order valence-electron chi connectivity index (χ4n) is 7.91. The van der Waals surface area contributed by atoms with E-state index in [0.29, 0.717) is 41.8 Å². The first kappa shape index (κ1) is 22.8. The van der Waals surface area contributed by atoms with E-state index >= 15 is 0 Å². The molecule has 4 aliphatic rings. The second-order valence-corrected chi connectivity index (χ2v) is 11.9. The molecule has 2 aliphatic heterocycles. The van der Waals surface area contributed by atoms with Crippen molar-refractivity contribution in [3.8, 4) is 0 Å². The van der Waals surface area contributed by atoms with E-state index in [4.69, 9.17) is 9.47 Å². The molecule has 2 aliphatic carbocycles. The Morgan fingerprint density at radius 1 is 1.23 bits per heavy atom. The van der Waals surface area contributed by atoms with Crippen molar-refractivity contribution >= 4 is 27.7 Å². The maximum atomic E-state index is 14.0. The summed E-state index contributed by atoms with van der Waals surface area (Å²) >= 11 is 3.94. The summed E-state index contributed by atoms with van der Waals surface area (Å²) in [6.45, 7) is 6.98. The Kier molecular flexibility index (Phi) is 6.45. The first-order valence-corrected chi connectivity index (χ1v) is 13.1. The Morgan fingerprint density at radius 3 is 2.70 bits per heavy atom. The first-order valence-electron chi connectivity index (χ1n) is 12.2. The Hall–Kier alpha value is -0.420. The predicted octanol–water partition coefficient (Wildman–Crippen LogP) is 5.70. The number of alkyl halides is 1. The predicted molar refractivity (Wildman–Crippen MR) is 120 cm³/mol. The van der Waals surface area contributed by atoms with Crippen LogP contribution in [0.1, 0.15) is 85.0 Å². The largest absolute Gasteiger partial charge is 0.469 e. The highest BCUT2D eigenvalue weighted by Gasteiger charge is 2.68. The maximum Gasteiger partial charge on any atom is 0.305 e. The molecule has 0 aromatic heterocycles. The van der Waals surface area contributed by atoms with Gasteiger partial charge >= 0.3 is 5.97 Å². The third-order valence-corrected chi connectivity index (χ3v) is 10.9. The maximum absolute atomic E-state index is 14.0. The molecular weight excluding hydrogens is 444 g/mol. The van der Waals surface area contributed by atoms with Crippen LogP contribution in [0.4, 0.5) is 0 Å². The summed E-state index contributed by atoms with van der Waals surface area (Å²) in [5.41, 5.74) is -0.632. The molecular formula is C25H39BrO4. The van der Waals surface area contributed by atoms with Gasteiger partial charge in [-0.25, -0.2) is 0 Å². The zero-order valence-corrected chi connectivity index (χ0v) is 20.7. The number of fused-ring (bicyclic) bond motifs is 3. The van der Waals surface area contributed by atoms with Crippen molar-refractivity contribution < 1.29 is 19.1 Å². The lowest BCUT2D eigenvalue weighted by Crippen LogP contribution is -2.67. The molecule has 9 atom stereocenters. The van der Waals surface area contributed by atoms with Gasteiger partial charge in [-0.3, -0.25) is 9.59 Å². The molecule has 0 aromatic rings. The van der Waals surface area contributed by atoms with Gasteiger partial charge in [-0.1, -0.05) is 43.1 Å². The van der Waals surface area contributed by atoms with E-state index in [1.54, 1.807) is 0 Å². The van der Waals surface area contributed by atoms with Gasteiger partial charge in [0.25, 0.3) is 0 Å². The van der Waals surface area contributed by atoms with E-state index in [1.165, 1.54) is 20.0 Å². The van der Waals surface area contributed by atoms with Crippen LogP contribution >= 0.6 is 15.9 Å². The minimum Gasteiger partial charge on any atom is -0.469 e.